The van der Waals surface area contributed by atoms with Gasteiger partial charge in [-0.15, -0.1) is 0 Å². The van der Waals surface area contributed by atoms with Gasteiger partial charge in [0.1, 0.15) is 35.3 Å². The Morgan fingerprint density at radius 3 is 2.76 bits per heavy atom. The molecule has 1 fully saturated rings. The first-order valence-electron chi connectivity index (χ1n) is 9.34. The van der Waals surface area contributed by atoms with Crippen molar-refractivity contribution >= 4 is 11.5 Å². The Hall–Kier alpha value is -3.53. The quantitative estimate of drug-likeness (QED) is 0.711. The summed E-state index contributed by atoms with van der Waals surface area (Å²) in [6.07, 6.45) is -0.343. The van der Waals surface area contributed by atoms with Crippen molar-refractivity contribution in [3.8, 4) is 34.4 Å². The van der Waals surface area contributed by atoms with E-state index in [0.29, 0.717) is 53.6 Å². The topological polar surface area (TPSA) is 88.3 Å². The van der Waals surface area contributed by atoms with Crippen LogP contribution >= 0.6 is 0 Å². The van der Waals surface area contributed by atoms with Crippen molar-refractivity contribution in [2.45, 2.75) is 19.5 Å². The largest absolute Gasteiger partial charge is 0.497 e. The van der Waals surface area contributed by atoms with Gasteiger partial charge in [-0.25, -0.2) is 9.37 Å². The van der Waals surface area contributed by atoms with Crippen molar-refractivity contribution in [1.29, 1.82) is 5.26 Å². The number of furan rings is 1. The third kappa shape index (κ3) is 3.61. The Bertz CT molecular complexity index is 1100. The monoisotopic (exact) mass is 392 g/mol. The van der Waals surface area contributed by atoms with Gasteiger partial charge in [-0.3, -0.25) is 0 Å². The van der Waals surface area contributed by atoms with Crippen LogP contribution in [0, 0.1) is 18.3 Å². The van der Waals surface area contributed by atoms with Gasteiger partial charge in [0.2, 0.25) is 0 Å². The van der Waals surface area contributed by atoms with Crippen LogP contribution in [0.5, 0.6) is 5.75 Å². The van der Waals surface area contributed by atoms with E-state index < -0.39 is 6.17 Å². The summed E-state index contributed by atoms with van der Waals surface area (Å²) in [6, 6.07) is 13.1. The van der Waals surface area contributed by atoms with Gasteiger partial charge >= 0.3 is 0 Å². The van der Waals surface area contributed by atoms with E-state index in [-0.39, 0.29) is 5.82 Å². The number of halogens is 1. The molecular formula is C22H21FN4O2. The number of hydrogen-bond acceptors (Lipinski definition) is 6. The van der Waals surface area contributed by atoms with Crippen molar-refractivity contribution in [1.82, 2.24) is 4.98 Å². The SMILES string of the molecule is COc1cc(-c2cc(N)nc(-c3ccc(C)o3)c2C#N)cc(N2CC[C@H](F)C2)c1. The zero-order valence-corrected chi connectivity index (χ0v) is 16.3. The van der Waals surface area contributed by atoms with Gasteiger partial charge in [0, 0.05) is 30.4 Å². The molecule has 7 heteroatoms. The summed E-state index contributed by atoms with van der Waals surface area (Å²) < 4.78 is 24.9. The standard InChI is InChI=1S/C22H21FN4O2/c1-13-3-4-20(29-13)22-19(11-24)18(10-21(25)26-22)14-7-16(9-17(8-14)28-2)27-6-5-15(23)12-27/h3-4,7-10,15H,5-6,12H2,1-2H3,(H2,25,26)/t15-/m0/s1. The number of methoxy groups -OCH3 is 1. The molecule has 4 rings (SSSR count). The lowest BCUT2D eigenvalue weighted by atomic mass is 9.97. The summed E-state index contributed by atoms with van der Waals surface area (Å²) >= 11 is 0. The van der Waals surface area contributed by atoms with Gasteiger partial charge < -0.3 is 19.8 Å². The number of benzene rings is 1. The molecule has 6 nitrogen and oxygen atoms in total. The third-order valence-corrected chi connectivity index (χ3v) is 5.06. The predicted octanol–water partition coefficient (Wildman–Crippen LogP) is 4.33. The summed E-state index contributed by atoms with van der Waals surface area (Å²) in [7, 11) is 1.58. The predicted molar refractivity (Wildman–Crippen MR) is 110 cm³/mol. The van der Waals surface area contributed by atoms with Crippen LogP contribution in [0.4, 0.5) is 15.9 Å². The minimum absolute atomic E-state index is 0.275. The molecule has 148 valence electrons. The number of nitrogen functional groups attached to an aromatic ring is 1. The number of anilines is 2. The molecule has 1 aliphatic heterocycles. The highest BCUT2D eigenvalue weighted by Crippen LogP contribution is 2.37. The van der Waals surface area contributed by atoms with Gasteiger partial charge in [0.15, 0.2) is 5.76 Å². The molecule has 0 amide bonds. The smallest absolute Gasteiger partial charge is 0.154 e. The van der Waals surface area contributed by atoms with Gasteiger partial charge in [0.05, 0.1) is 12.7 Å². The van der Waals surface area contributed by atoms with Crippen LogP contribution in [0.1, 0.15) is 17.7 Å². The van der Waals surface area contributed by atoms with Crippen LogP contribution in [0.3, 0.4) is 0 Å². The fourth-order valence-electron chi connectivity index (χ4n) is 3.64. The molecule has 3 heterocycles. The number of ether oxygens (including phenoxy) is 1. The van der Waals surface area contributed by atoms with E-state index in [0.717, 1.165) is 11.3 Å². The van der Waals surface area contributed by atoms with Gasteiger partial charge in [-0.2, -0.15) is 5.26 Å². The second-order valence-corrected chi connectivity index (χ2v) is 7.09. The van der Waals surface area contributed by atoms with Crippen LogP contribution in [-0.4, -0.2) is 31.4 Å². The number of aryl methyl sites for hydroxylation is 1. The zero-order valence-electron chi connectivity index (χ0n) is 16.3. The normalized spacial score (nSPS) is 16.1. The number of nitriles is 1. The molecule has 2 N–H and O–H groups in total. The summed E-state index contributed by atoms with van der Waals surface area (Å²) in [6.45, 7) is 2.80. The van der Waals surface area contributed by atoms with Crippen molar-refractivity contribution in [3.63, 3.8) is 0 Å². The van der Waals surface area contributed by atoms with Crippen molar-refractivity contribution in [2.75, 3.05) is 30.8 Å². The molecule has 2 aromatic heterocycles. The number of rotatable bonds is 4. The number of alkyl halides is 1. The molecule has 1 atom stereocenters. The third-order valence-electron chi connectivity index (χ3n) is 5.06. The van der Waals surface area contributed by atoms with Gasteiger partial charge in [-0.05, 0) is 49.2 Å². The van der Waals surface area contributed by atoms with Crippen molar-refractivity contribution in [3.05, 3.63) is 47.7 Å². The lowest BCUT2D eigenvalue weighted by Crippen LogP contribution is -2.19. The molecule has 0 unspecified atom stereocenters. The summed E-state index contributed by atoms with van der Waals surface area (Å²) in [5.74, 6) is 2.09. The maximum absolute atomic E-state index is 13.7. The molecule has 0 spiro atoms. The van der Waals surface area contributed by atoms with E-state index in [1.165, 1.54) is 0 Å². The zero-order chi connectivity index (χ0) is 20.5. The molecule has 3 aromatic rings. The summed E-state index contributed by atoms with van der Waals surface area (Å²) in [5.41, 5.74) is 9.03. The van der Waals surface area contributed by atoms with Crippen LogP contribution in [0.15, 0.2) is 40.8 Å². The Balaban J connectivity index is 1.88. The summed E-state index contributed by atoms with van der Waals surface area (Å²) in [4.78, 5) is 6.31. The average molecular weight is 392 g/mol. The highest BCUT2D eigenvalue weighted by atomic mass is 19.1. The molecule has 1 aliphatic rings. The molecule has 0 radical (unpaired) electrons. The molecule has 1 saturated heterocycles. The number of aromatic nitrogens is 1. The first-order valence-corrected chi connectivity index (χ1v) is 9.34. The van der Waals surface area contributed by atoms with E-state index in [4.69, 9.17) is 14.9 Å². The van der Waals surface area contributed by atoms with Crippen LogP contribution < -0.4 is 15.4 Å². The minimum atomic E-state index is -0.843. The highest BCUT2D eigenvalue weighted by molar-refractivity contribution is 5.82. The molecule has 0 saturated carbocycles. The first kappa shape index (κ1) is 18.8. The lowest BCUT2D eigenvalue weighted by Gasteiger charge is -2.20. The van der Waals surface area contributed by atoms with E-state index >= 15 is 0 Å². The fraction of sp³-hybridized carbons (Fsp3) is 0.273. The number of pyridine rings is 1. The van der Waals surface area contributed by atoms with Gasteiger partial charge in [-0.1, -0.05) is 0 Å². The van der Waals surface area contributed by atoms with Crippen LogP contribution in [0.25, 0.3) is 22.6 Å². The second-order valence-electron chi connectivity index (χ2n) is 7.09. The van der Waals surface area contributed by atoms with Crippen molar-refractivity contribution < 1.29 is 13.5 Å². The lowest BCUT2D eigenvalue weighted by molar-refractivity contribution is 0.364. The van der Waals surface area contributed by atoms with E-state index in [1.807, 2.05) is 36.1 Å². The first-order chi connectivity index (χ1) is 14.0. The average Bonchev–Trinajstić information content (AvgIpc) is 3.35. The van der Waals surface area contributed by atoms with Crippen molar-refractivity contribution in [2.24, 2.45) is 0 Å². The van der Waals surface area contributed by atoms with Crippen LogP contribution in [-0.2, 0) is 0 Å². The summed E-state index contributed by atoms with van der Waals surface area (Å²) in [5, 5.41) is 9.90. The van der Waals surface area contributed by atoms with E-state index in [9.17, 15) is 9.65 Å². The minimum Gasteiger partial charge on any atom is -0.497 e. The Morgan fingerprint density at radius 2 is 2.14 bits per heavy atom. The Morgan fingerprint density at radius 1 is 1.31 bits per heavy atom. The Kier molecular flexibility index (Phi) is 4.85. The second kappa shape index (κ2) is 7.47. The van der Waals surface area contributed by atoms with E-state index in [2.05, 4.69) is 11.1 Å². The maximum atomic E-state index is 13.7. The fourth-order valence-corrected chi connectivity index (χ4v) is 3.64. The van der Waals surface area contributed by atoms with E-state index in [1.54, 1.807) is 19.2 Å². The number of hydrogen-bond donors (Lipinski definition) is 1. The maximum Gasteiger partial charge on any atom is 0.154 e. The molecule has 1 aromatic carbocycles. The molecular weight excluding hydrogens is 371 g/mol. The molecule has 0 aliphatic carbocycles. The molecule has 0 bridgehead atoms. The van der Waals surface area contributed by atoms with Gasteiger partial charge in [0.25, 0.3) is 0 Å². The molecule has 29 heavy (non-hydrogen) atoms. The number of nitrogens with two attached hydrogens (primary N) is 1. The van der Waals surface area contributed by atoms with Crippen LogP contribution in [0.2, 0.25) is 0 Å². The number of nitrogens with zero attached hydrogens (tertiary/aromatic N) is 3. The Labute approximate surface area is 168 Å². The highest BCUT2D eigenvalue weighted by Gasteiger charge is 2.24.